The Balaban J connectivity index is 1.39. The van der Waals surface area contributed by atoms with Crippen molar-refractivity contribution in [2.45, 2.75) is 56.7 Å². The van der Waals surface area contributed by atoms with E-state index in [1.807, 2.05) is 4.90 Å². The van der Waals surface area contributed by atoms with Crippen molar-refractivity contribution in [3.8, 4) is 5.75 Å². The highest BCUT2D eigenvalue weighted by Gasteiger charge is 2.31. The molecule has 3 atom stereocenters. The van der Waals surface area contributed by atoms with Gasteiger partial charge < -0.3 is 24.6 Å². The molecule has 2 fully saturated rings. The third-order valence-electron chi connectivity index (χ3n) is 6.64. The fourth-order valence-electron chi connectivity index (χ4n) is 4.93. The minimum atomic E-state index is -0.671. The molecule has 5 rings (SSSR count). The lowest BCUT2D eigenvalue weighted by molar-refractivity contribution is 0.0893. The van der Waals surface area contributed by atoms with Crippen LogP contribution in [-0.2, 0) is 7.05 Å². The van der Waals surface area contributed by atoms with Crippen LogP contribution in [-0.4, -0.2) is 49.1 Å². The third kappa shape index (κ3) is 4.23. The van der Waals surface area contributed by atoms with Crippen molar-refractivity contribution in [1.82, 2.24) is 24.5 Å². The first kappa shape index (κ1) is 22.3. The molecule has 2 N–H and O–H groups in total. The van der Waals surface area contributed by atoms with Gasteiger partial charge in [-0.05, 0) is 37.8 Å². The Bertz CT molecular complexity index is 1270. The smallest absolute Gasteiger partial charge is 0.405 e. The molecule has 1 amide bonds. The normalized spacial score (nSPS) is 22.8. The number of aromatic nitrogens is 4. The first-order valence-electron chi connectivity index (χ1n) is 11.5. The van der Waals surface area contributed by atoms with Crippen LogP contribution in [0.15, 0.2) is 35.5 Å². The van der Waals surface area contributed by atoms with Crippen molar-refractivity contribution in [1.29, 1.82) is 0 Å². The molecule has 1 saturated carbocycles. The Morgan fingerprint density at radius 1 is 1.26 bits per heavy atom. The predicted molar refractivity (Wildman–Crippen MR) is 121 cm³/mol. The number of carbonyl (C=O) groups excluding carboxylic acids is 1. The number of aliphatic hydroxyl groups is 1. The number of hydrogen-bond acceptors (Lipinski definition) is 7. The van der Waals surface area contributed by atoms with E-state index in [4.69, 9.17) is 4.74 Å². The van der Waals surface area contributed by atoms with E-state index in [-0.39, 0.29) is 23.4 Å². The van der Waals surface area contributed by atoms with Crippen molar-refractivity contribution < 1.29 is 19.0 Å². The molecule has 1 saturated heterocycles. The van der Waals surface area contributed by atoms with E-state index >= 15 is 0 Å². The van der Waals surface area contributed by atoms with Crippen molar-refractivity contribution >= 4 is 17.6 Å². The van der Waals surface area contributed by atoms with Gasteiger partial charge in [-0.25, -0.2) is 18.7 Å². The number of aryl methyl sites for hydroxylation is 1. The fraction of sp³-hybridized carbons (Fsp3) is 0.478. The number of aliphatic hydroxyl groups excluding tert-OH is 1. The van der Waals surface area contributed by atoms with Gasteiger partial charge in [0.25, 0.3) is 5.56 Å². The molecule has 11 heteroatoms. The molecule has 2 aliphatic rings. The first-order chi connectivity index (χ1) is 16.4. The van der Waals surface area contributed by atoms with Crippen LogP contribution in [0, 0.1) is 5.82 Å². The van der Waals surface area contributed by atoms with Crippen LogP contribution < -0.4 is 20.5 Å². The topological polar surface area (TPSA) is 114 Å². The molecule has 1 aliphatic heterocycles. The largest absolute Gasteiger partial charge is 0.413 e. The van der Waals surface area contributed by atoms with Crippen LogP contribution in [0.5, 0.6) is 5.75 Å². The van der Waals surface area contributed by atoms with Crippen LogP contribution in [0.25, 0.3) is 5.65 Å². The average molecular weight is 471 g/mol. The Labute approximate surface area is 195 Å². The summed E-state index contributed by atoms with van der Waals surface area (Å²) in [5.41, 5.74) is 0.487. The lowest BCUT2D eigenvalue weighted by Gasteiger charge is -2.27. The summed E-state index contributed by atoms with van der Waals surface area (Å²) in [5.74, 6) is 0.296. The molecule has 0 aromatic carbocycles. The molecule has 10 nitrogen and oxygen atoms in total. The number of pyridine rings is 1. The Kier molecular flexibility index (Phi) is 5.94. The van der Waals surface area contributed by atoms with Gasteiger partial charge in [-0.15, -0.1) is 0 Å². The zero-order valence-corrected chi connectivity index (χ0v) is 18.9. The van der Waals surface area contributed by atoms with E-state index in [0.29, 0.717) is 42.8 Å². The molecule has 1 aliphatic carbocycles. The lowest BCUT2D eigenvalue weighted by Crippen LogP contribution is -2.46. The maximum atomic E-state index is 14.0. The molecule has 0 radical (unpaired) electrons. The van der Waals surface area contributed by atoms with Gasteiger partial charge in [-0.2, -0.15) is 5.10 Å². The number of carbonyl (C=O) groups is 1. The van der Waals surface area contributed by atoms with Crippen molar-refractivity contribution in [2.75, 3.05) is 11.4 Å². The van der Waals surface area contributed by atoms with E-state index in [9.17, 15) is 19.1 Å². The quantitative estimate of drug-likeness (QED) is 0.601. The van der Waals surface area contributed by atoms with Gasteiger partial charge in [0.1, 0.15) is 11.6 Å². The van der Waals surface area contributed by atoms with Crippen LogP contribution in [0.4, 0.5) is 15.0 Å². The number of halogens is 1. The summed E-state index contributed by atoms with van der Waals surface area (Å²) in [4.78, 5) is 31.7. The highest BCUT2D eigenvalue weighted by atomic mass is 19.1. The molecule has 34 heavy (non-hydrogen) atoms. The zero-order valence-electron chi connectivity index (χ0n) is 18.9. The van der Waals surface area contributed by atoms with Crippen molar-refractivity contribution in [3.63, 3.8) is 0 Å². The predicted octanol–water partition coefficient (Wildman–Crippen LogP) is 2.30. The SMILES string of the molecule is Cn1cc(F)cc([C@H]2CCCN2c2ccn3ncc(OC(=O)N[C@@H]4CCCC[C@H]4O)c3n2)c1=O. The summed E-state index contributed by atoms with van der Waals surface area (Å²) >= 11 is 0. The minimum Gasteiger partial charge on any atom is -0.405 e. The van der Waals surface area contributed by atoms with E-state index in [1.54, 1.807) is 12.3 Å². The Morgan fingerprint density at radius 3 is 2.91 bits per heavy atom. The molecule has 3 aromatic rings. The Hall–Kier alpha value is -3.47. The standard InChI is InChI=1S/C23H27FN6O4/c1-28-13-14(24)11-15(22(28)32)17-6-4-9-29(17)20-8-10-30-21(27-20)19(12-25-30)34-23(33)26-16-5-2-3-7-18(16)31/h8,10-13,16-18,31H,2-7,9H2,1H3,(H,26,33)/t16-,17-,18-/m1/s1. The van der Waals surface area contributed by atoms with Gasteiger partial charge in [-0.3, -0.25) is 4.79 Å². The number of hydrogen-bond donors (Lipinski definition) is 2. The molecule has 0 unspecified atom stereocenters. The van der Waals surface area contributed by atoms with Gasteiger partial charge >= 0.3 is 6.09 Å². The summed E-state index contributed by atoms with van der Waals surface area (Å²) < 4.78 is 22.3. The third-order valence-corrected chi connectivity index (χ3v) is 6.64. The first-order valence-corrected chi connectivity index (χ1v) is 11.5. The van der Waals surface area contributed by atoms with Crippen LogP contribution in [0.3, 0.4) is 0 Å². The summed E-state index contributed by atoms with van der Waals surface area (Å²) in [6.45, 7) is 0.651. The minimum absolute atomic E-state index is 0.182. The summed E-state index contributed by atoms with van der Waals surface area (Å²) in [5, 5.41) is 17.0. The molecule has 180 valence electrons. The highest BCUT2D eigenvalue weighted by molar-refractivity contribution is 5.73. The molecule has 3 aromatic heterocycles. The van der Waals surface area contributed by atoms with E-state index in [1.165, 1.54) is 34.6 Å². The van der Waals surface area contributed by atoms with Gasteiger partial charge in [0.05, 0.1) is 24.4 Å². The number of ether oxygens (including phenoxy) is 1. The van der Waals surface area contributed by atoms with E-state index in [0.717, 1.165) is 19.3 Å². The molecule has 4 heterocycles. The van der Waals surface area contributed by atoms with Gasteiger partial charge in [0.15, 0.2) is 5.75 Å². The average Bonchev–Trinajstić information content (AvgIpc) is 3.45. The Morgan fingerprint density at radius 2 is 2.09 bits per heavy atom. The number of rotatable bonds is 4. The van der Waals surface area contributed by atoms with Crippen LogP contribution in [0.1, 0.15) is 50.1 Å². The highest BCUT2D eigenvalue weighted by Crippen LogP contribution is 2.35. The second-order valence-corrected chi connectivity index (χ2v) is 8.94. The fourth-order valence-corrected chi connectivity index (χ4v) is 4.93. The number of fused-ring (bicyclic) bond motifs is 1. The molecule has 0 spiro atoms. The van der Waals surface area contributed by atoms with Gasteiger partial charge in [0.2, 0.25) is 5.65 Å². The second kappa shape index (κ2) is 9.05. The van der Waals surface area contributed by atoms with Gasteiger partial charge in [-0.1, -0.05) is 12.8 Å². The van der Waals surface area contributed by atoms with E-state index in [2.05, 4.69) is 15.4 Å². The number of anilines is 1. The number of nitrogens with one attached hydrogen (secondary N) is 1. The van der Waals surface area contributed by atoms with Crippen molar-refractivity contribution in [2.24, 2.45) is 7.05 Å². The molecular formula is C23H27FN6O4. The zero-order chi connectivity index (χ0) is 23.8. The lowest BCUT2D eigenvalue weighted by atomic mass is 9.93. The van der Waals surface area contributed by atoms with Crippen molar-refractivity contribution in [3.05, 3.63) is 52.5 Å². The second-order valence-electron chi connectivity index (χ2n) is 8.94. The number of amides is 1. The maximum absolute atomic E-state index is 14.0. The molecule has 0 bridgehead atoms. The number of nitrogens with zero attached hydrogens (tertiary/aromatic N) is 5. The van der Waals surface area contributed by atoms with Crippen LogP contribution >= 0.6 is 0 Å². The molecular weight excluding hydrogens is 443 g/mol. The van der Waals surface area contributed by atoms with Crippen LogP contribution in [0.2, 0.25) is 0 Å². The summed E-state index contributed by atoms with van der Waals surface area (Å²) in [6, 6.07) is 2.41. The maximum Gasteiger partial charge on any atom is 0.413 e. The van der Waals surface area contributed by atoms with Gasteiger partial charge in [0, 0.05) is 31.5 Å². The summed E-state index contributed by atoms with van der Waals surface area (Å²) in [7, 11) is 1.53. The summed E-state index contributed by atoms with van der Waals surface area (Å²) in [6.07, 6.45) is 7.77. The monoisotopic (exact) mass is 470 g/mol. The van der Waals surface area contributed by atoms with E-state index < -0.39 is 18.0 Å².